The first kappa shape index (κ1) is 59.9. The molecule has 0 saturated heterocycles. The number of ether oxygens (including phenoxy) is 2. The summed E-state index contributed by atoms with van der Waals surface area (Å²) in [5.41, 5.74) is 16.5. The first-order chi connectivity index (χ1) is 38.6. The average molecular weight is 1170 g/mol. The van der Waals surface area contributed by atoms with Gasteiger partial charge in [0, 0.05) is 11.1 Å². The summed E-state index contributed by atoms with van der Waals surface area (Å²) in [7, 11) is 0. The summed E-state index contributed by atoms with van der Waals surface area (Å²) >= 11 is 25.5. The van der Waals surface area contributed by atoms with E-state index in [0.29, 0.717) is 94.3 Å². The number of nitrogens with two attached hydrogens (primary N) is 2. The number of carbonyl (C=O) groups is 4. The predicted molar refractivity (Wildman–Crippen MR) is 312 cm³/mol. The summed E-state index contributed by atoms with van der Waals surface area (Å²) in [5, 5.41) is 26.1. The van der Waals surface area contributed by atoms with Crippen LogP contribution in [0.15, 0.2) is 116 Å². The number of allylic oxidation sites excluding steroid dienone is 2. The molecule has 0 aliphatic carbocycles. The number of fused-ring (bicyclic) bond motifs is 4. The van der Waals surface area contributed by atoms with Crippen LogP contribution in [-0.4, -0.2) is 85.3 Å². The first-order valence-corrected chi connectivity index (χ1v) is 27.0. The fourth-order valence-electron chi connectivity index (χ4n) is 8.01. The number of anilines is 2. The number of aryl methyl sites for hydroxylation is 2. The number of hydrogen-bond donors (Lipinski definition) is 8. The van der Waals surface area contributed by atoms with E-state index in [-0.39, 0.29) is 81.1 Å². The van der Waals surface area contributed by atoms with Crippen LogP contribution in [0.3, 0.4) is 0 Å². The van der Waals surface area contributed by atoms with E-state index in [1.807, 2.05) is 12.2 Å². The van der Waals surface area contributed by atoms with E-state index in [2.05, 4.69) is 64.4 Å². The Balaban J connectivity index is 0.000000231. The molecule has 6 aromatic rings. The zero-order valence-electron chi connectivity index (χ0n) is 43.9. The second-order valence-electron chi connectivity index (χ2n) is 18.2. The number of guanidine groups is 2. The lowest BCUT2D eigenvalue weighted by molar-refractivity contribution is -0.116. The van der Waals surface area contributed by atoms with Gasteiger partial charge in [0.1, 0.15) is 58.7 Å². The van der Waals surface area contributed by atoms with Crippen LogP contribution in [0.5, 0.6) is 11.5 Å². The number of halogens is 4. The largest absolute Gasteiger partial charge is 0.490 e. The minimum absolute atomic E-state index is 0.0904. The lowest BCUT2D eigenvalue weighted by Crippen LogP contribution is -2.37. The highest BCUT2D eigenvalue weighted by molar-refractivity contribution is 6.40. The molecule has 24 heteroatoms. The number of nitrogens with zero attached hydrogens (tertiary/aromatic N) is 4. The van der Waals surface area contributed by atoms with Crippen LogP contribution in [0.4, 0.5) is 11.4 Å². The molecule has 4 amide bonds. The molecule has 4 aromatic carbocycles. The van der Waals surface area contributed by atoms with Crippen LogP contribution >= 0.6 is 46.4 Å². The molecule has 8 heterocycles. The molecule has 80 heavy (non-hydrogen) atoms. The number of aromatic nitrogens is 2. The summed E-state index contributed by atoms with van der Waals surface area (Å²) < 4.78 is 22.2. The molecule has 0 atom stereocenters. The summed E-state index contributed by atoms with van der Waals surface area (Å²) in [5.74, 6) is 0.276. The predicted octanol–water partition coefficient (Wildman–Crippen LogP) is 9.70. The number of aliphatic imine (C=N–C) groups is 2. The van der Waals surface area contributed by atoms with Gasteiger partial charge in [-0.3, -0.25) is 29.8 Å². The van der Waals surface area contributed by atoms with E-state index in [1.165, 1.54) is 0 Å². The van der Waals surface area contributed by atoms with Gasteiger partial charge >= 0.3 is 0 Å². The summed E-state index contributed by atoms with van der Waals surface area (Å²) in [6, 6.07) is 21.0. The highest BCUT2D eigenvalue weighted by Gasteiger charge is 2.24. The minimum Gasteiger partial charge on any atom is -0.490 e. The standard InChI is InChI=1S/2C28H30Cl2N6O4/c2*1-17-24-25(36-40-17)19-7-9-20(10-8-19)39-12-6-4-2-3-5-11-32-16-23(37)34-26-21(29)13-18(14-22(26)30)15-33-28(31)35-27(24)38/h2*4,6-10,13-14,32H,2-3,5,11-12,15-16H2,1H3,(H,34,37)(H3,31,33,35,38)/b6-4+;6-4-. The van der Waals surface area contributed by atoms with Crippen molar-refractivity contribution in [3.63, 3.8) is 0 Å². The van der Waals surface area contributed by atoms with E-state index in [0.717, 1.165) is 38.5 Å². The van der Waals surface area contributed by atoms with Gasteiger partial charge < -0.3 is 51.3 Å². The molecule has 0 fully saturated rings. The highest BCUT2D eigenvalue weighted by atomic mass is 35.5. The first-order valence-electron chi connectivity index (χ1n) is 25.5. The number of rotatable bonds is 0. The molecule has 6 aliphatic heterocycles. The van der Waals surface area contributed by atoms with Crippen molar-refractivity contribution in [2.75, 3.05) is 50.0 Å². The minimum atomic E-state index is -0.513. The normalized spacial score (nSPS) is 16.7. The molecule has 2 aromatic heterocycles. The second kappa shape index (κ2) is 30.0. The summed E-state index contributed by atoms with van der Waals surface area (Å²) in [4.78, 5) is 59.3. The molecule has 0 spiro atoms. The molecule has 0 radical (unpaired) electrons. The fourth-order valence-corrected chi connectivity index (χ4v) is 9.26. The van der Waals surface area contributed by atoms with Gasteiger partial charge in [0.15, 0.2) is 11.9 Å². The monoisotopic (exact) mass is 1170 g/mol. The van der Waals surface area contributed by atoms with Crippen molar-refractivity contribution < 1.29 is 37.7 Å². The average Bonchev–Trinajstić information content (AvgIpc) is 4.03. The lowest BCUT2D eigenvalue weighted by atomic mass is 10.1. The maximum Gasteiger partial charge on any atom is 0.263 e. The van der Waals surface area contributed by atoms with Gasteiger partial charge in [-0.05, 0) is 149 Å². The van der Waals surface area contributed by atoms with Crippen LogP contribution in [0.1, 0.15) is 81.9 Å². The molecule has 10 N–H and O–H groups in total. The maximum atomic E-state index is 13.1. The van der Waals surface area contributed by atoms with Crippen molar-refractivity contribution in [1.82, 2.24) is 31.6 Å². The highest BCUT2D eigenvalue weighted by Crippen LogP contribution is 2.34. The Labute approximate surface area is 482 Å². The van der Waals surface area contributed by atoms with Gasteiger partial charge in [-0.15, -0.1) is 0 Å². The fraction of sp³-hybridized carbons (Fsp3) is 0.286. The number of carbonyl (C=O) groups excluding carboxylic acids is 4. The van der Waals surface area contributed by atoms with Crippen molar-refractivity contribution in [3.8, 4) is 34.0 Å². The Kier molecular flexibility index (Phi) is 22.5. The Morgan fingerprint density at radius 2 is 0.875 bits per heavy atom. The van der Waals surface area contributed by atoms with Gasteiger partial charge in [-0.25, -0.2) is 9.98 Å². The Morgan fingerprint density at radius 3 is 1.25 bits per heavy atom. The van der Waals surface area contributed by atoms with Crippen LogP contribution in [0, 0.1) is 13.8 Å². The SMILES string of the molecule is Cc1onc2c1C(=O)NC(N)=NCc1cc(Cl)c(c(Cl)c1)NC(=O)CNCCCC/C=C/COc1ccc-2cc1.Cc1onc2c1C(=O)NC(N)=NCc1cc(Cl)c(c(Cl)c1)NC(=O)CNCCCC/C=C\COc1ccc-2cc1. The number of hydrogen-bond acceptors (Lipinski definition) is 16. The van der Waals surface area contributed by atoms with Crippen LogP contribution in [0.2, 0.25) is 20.1 Å². The molecular weight excluding hydrogens is 1110 g/mol. The van der Waals surface area contributed by atoms with E-state index >= 15 is 0 Å². The Hall–Kier alpha value is -7.72. The van der Waals surface area contributed by atoms with Crippen LogP contribution < -0.4 is 52.8 Å². The van der Waals surface area contributed by atoms with E-state index in [9.17, 15) is 19.2 Å². The molecule has 0 unspecified atom stereocenters. The van der Waals surface area contributed by atoms with Crippen molar-refractivity contribution in [2.45, 2.75) is 65.5 Å². The third kappa shape index (κ3) is 17.6. The lowest BCUT2D eigenvalue weighted by Gasteiger charge is -2.12. The van der Waals surface area contributed by atoms with Crippen molar-refractivity contribution in [2.24, 2.45) is 21.5 Å². The topological polar surface area (TPSA) is 288 Å². The second-order valence-corrected chi connectivity index (χ2v) is 19.8. The maximum absolute atomic E-state index is 13.1. The van der Waals surface area contributed by atoms with Crippen molar-refractivity contribution in [3.05, 3.63) is 151 Å². The van der Waals surface area contributed by atoms with Crippen LogP contribution in [0.25, 0.3) is 22.5 Å². The zero-order chi connectivity index (χ0) is 57.0. The summed E-state index contributed by atoms with van der Waals surface area (Å²) in [6.45, 7) is 5.99. The molecular formula is C56H60Cl4N12O8. The third-order valence-corrected chi connectivity index (χ3v) is 13.3. The quantitative estimate of drug-likeness (QED) is 0.0657. The third-order valence-electron chi connectivity index (χ3n) is 12.1. The smallest absolute Gasteiger partial charge is 0.263 e. The molecule has 0 saturated carbocycles. The number of benzene rings is 4. The molecule has 20 nitrogen and oxygen atoms in total. The number of nitrogens with one attached hydrogen (secondary N) is 6. The molecule has 420 valence electrons. The van der Waals surface area contributed by atoms with Gasteiger partial charge in [0.05, 0.1) is 57.6 Å². The molecule has 6 aliphatic rings. The van der Waals surface area contributed by atoms with Crippen molar-refractivity contribution >= 4 is 93.3 Å². The van der Waals surface area contributed by atoms with E-state index in [1.54, 1.807) is 86.6 Å². The van der Waals surface area contributed by atoms with Gasteiger partial charge in [-0.1, -0.05) is 81.0 Å². The van der Waals surface area contributed by atoms with Gasteiger partial charge in [-0.2, -0.15) is 0 Å². The Bertz CT molecular complexity index is 3010. The molecule has 8 bridgehead atoms. The summed E-state index contributed by atoms with van der Waals surface area (Å²) in [6.07, 6.45) is 13.7. The zero-order valence-corrected chi connectivity index (χ0v) is 46.9. The van der Waals surface area contributed by atoms with E-state index < -0.39 is 11.8 Å². The van der Waals surface area contributed by atoms with Crippen molar-refractivity contribution in [1.29, 1.82) is 0 Å². The van der Waals surface area contributed by atoms with Crippen LogP contribution in [-0.2, 0) is 22.7 Å². The molecule has 12 rings (SSSR count). The number of amides is 4. The van der Waals surface area contributed by atoms with E-state index in [4.69, 9.17) is 76.4 Å². The van der Waals surface area contributed by atoms with Gasteiger partial charge in [0.25, 0.3) is 11.8 Å². The van der Waals surface area contributed by atoms with Gasteiger partial charge in [0.2, 0.25) is 11.8 Å². The Morgan fingerprint density at radius 1 is 0.500 bits per heavy atom.